The second-order valence-corrected chi connectivity index (χ2v) is 6.82. The molecule has 0 aromatic heterocycles. The van der Waals surface area contributed by atoms with Gasteiger partial charge in [-0.25, -0.2) is 0 Å². The molecule has 4 rings (SSSR count). The van der Waals surface area contributed by atoms with Crippen molar-refractivity contribution >= 4 is 23.2 Å². The quantitative estimate of drug-likeness (QED) is 0.861. The highest BCUT2D eigenvalue weighted by molar-refractivity contribution is 6.07. The van der Waals surface area contributed by atoms with Crippen LogP contribution in [0.2, 0.25) is 0 Å². The lowest BCUT2D eigenvalue weighted by atomic mass is 10.1. The first kappa shape index (κ1) is 18.3. The van der Waals surface area contributed by atoms with Gasteiger partial charge in [-0.1, -0.05) is 12.1 Å². The summed E-state index contributed by atoms with van der Waals surface area (Å²) in [6, 6.07) is 12.3. The van der Waals surface area contributed by atoms with E-state index in [4.69, 9.17) is 14.2 Å². The van der Waals surface area contributed by atoms with E-state index in [0.717, 1.165) is 19.4 Å². The van der Waals surface area contributed by atoms with Crippen LogP contribution in [-0.4, -0.2) is 44.8 Å². The van der Waals surface area contributed by atoms with Crippen LogP contribution in [0.5, 0.6) is 11.5 Å². The van der Waals surface area contributed by atoms with Crippen molar-refractivity contribution in [2.24, 2.45) is 0 Å². The largest absolute Gasteiger partial charge is 0.489 e. The predicted octanol–water partition coefficient (Wildman–Crippen LogP) is 2.85. The number of carbonyl (C=O) groups excluding carboxylic acids is 2. The summed E-state index contributed by atoms with van der Waals surface area (Å²) in [6.07, 6.45) is 2.13. The Morgan fingerprint density at radius 2 is 2.14 bits per heavy atom. The Bertz CT molecular complexity index is 892. The second-order valence-electron chi connectivity index (χ2n) is 6.82. The van der Waals surface area contributed by atoms with E-state index in [2.05, 4.69) is 5.32 Å². The van der Waals surface area contributed by atoms with Gasteiger partial charge in [0.1, 0.15) is 18.1 Å². The molecule has 1 N–H and O–H groups in total. The van der Waals surface area contributed by atoms with Crippen LogP contribution >= 0.6 is 0 Å². The summed E-state index contributed by atoms with van der Waals surface area (Å²) in [5, 5.41) is 2.89. The maximum absolute atomic E-state index is 12.8. The molecule has 28 heavy (non-hydrogen) atoms. The minimum atomic E-state index is -0.289. The Labute approximate surface area is 163 Å². The van der Waals surface area contributed by atoms with Crippen LogP contribution < -0.4 is 19.7 Å². The third kappa shape index (κ3) is 3.80. The van der Waals surface area contributed by atoms with E-state index in [9.17, 15) is 9.59 Å². The molecule has 1 fully saturated rings. The molecule has 0 saturated carbocycles. The maximum Gasteiger partial charge on any atom is 0.264 e. The Kier molecular flexibility index (Phi) is 5.16. The van der Waals surface area contributed by atoms with Gasteiger partial charge in [-0.3, -0.25) is 9.59 Å². The summed E-state index contributed by atoms with van der Waals surface area (Å²) in [7, 11) is 1.67. The van der Waals surface area contributed by atoms with Crippen molar-refractivity contribution in [3.63, 3.8) is 0 Å². The fraction of sp³-hybridized carbons (Fsp3) is 0.333. The van der Waals surface area contributed by atoms with Crippen LogP contribution in [0.25, 0.3) is 0 Å². The van der Waals surface area contributed by atoms with Crippen molar-refractivity contribution in [1.82, 2.24) is 0 Å². The van der Waals surface area contributed by atoms with E-state index in [-0.39, 0.29) is 24.5 Å². The third-order valence-electron chi connectivity index (χ3n) is 4.89. The van der Waals surface area contributed by atoms with Crippen molar-refractivity contribution in [1.29, 1.82) is 0 Å². The normalized spacial score (nSPS) is 18.4. The zero-order chi connectivity index (χ0) is 19.5. The average molecular weight is 382 g/mol. The smallest absolute Gasteiger partial charge is 0.264 e. The number of ether oxygens (including phenoxy) is 3. The molecule has 0 aliphatic carbocycles. The minimum absolute atomic E-state index is 0.00443. The molecule has 0 radical (unpaired) electrons. The van der Waals surface area contributed by atoms with Crippen molar-refractivity contribution in [2.75, 3.05) is 37.1 Å². The molecule has 146 valence electrons. The van der Waals surface area contributed by atoms with E-state index >= 15 is 0 Å². The van der Waals surface area contributed by atoms with Crippen LogP contribution in [0.15, 0.2) is 42.5 Å². The van der Waals surface area contributed by atoms with Gasteiger partial charge in [0.2, 0.25) is 0 Å². The first-order valence-corrected chi connectivity index (χ1v) is 9.30. The van der Waals surface area contributed by atoms with Crippen LogP contribution in [0.3, 0.4) is 0 Å². The lowest BCUT2D eigenvalue weighted by molar-refractivity contribution is -0.120. The highest BCUT2D eigenvalue weighted by Crippen LogP contribution is 2.32. The number of hydrogen-bond acceptors (Lipinski definition) is 5. The van der Waals surface area contributed by atoms with Crippen LogP contribution in [0.4, 0.5) is 11.4 Å². The zero-order valence-electron chi connectivity index (χ0n) is 15.6. The number of carbonyl (C=O) groups is 2. The van der Waals surface area contributed by atoms with Crippen molar-refractivity contribution in [2.45, 2.75) is 18.9 Å². The van der Waals surface area contributed by atoms with Gasteiger partial charge in [-0.05, 0) is 43.2 Å². The molecule has 1 saturated heterocycles. The molecular formula is C21H22N2O5. The van der Waals surface area contributed by atoms with Gasteiger partial charge in [-0.15, -0.1) is 0 Å². The van der Waals surface area contributed by atoms with Crippen molar-refractivity contribution < 1.29 is 23.8 Å². The summed E-state index contributed by atoms with van der Waals surface area (Å²) in [5.41, 5.74) is 1.59. The highest BCUT2D eigenvalue weighted by atomic mass is 16.5. The summed E-state index contributed by atoms with van der Waals surface area (Å²) in [4.78, 5) is 26.1. The third-order valence-corrected chi connectivity index (χ3v) is 4.89. The summed E-state index contributed by atoms with van der Waals surface area (Å²) in [6.45, 7) is 1.23. The van der Waals surface area contributed by atoms with Gasteiger partial charge in [0.25, 0.3) is 11.8 Å². The number of rotatable bonds is 5. The summed E-state index contributed by atoms with van der Waals surface area (Å²) in [5.74, 6) is 0.735. The molecular weight excluding hydrogens is 360 g/mol. The first-order valence-electron chi connectivity index (χ1n) is 9.30. The number of nitrogens with zero attached hydrogens (tertiary/aromatic N) is 1. The molecule has 2 aliphatic heterocycles. The fourth-order valence-electron chi connectivity index (χ4n) is 3.26. The molecule has 2 aromatic carbocycles. The SMILES string of the molecule is CN1C(=O)COc2ccc(C(=O)Nc3ccccc3OCC3CCCO3)cc21. The number of para-hydroxylation sites is 2. The lowest BCUT2D eigenvalue weighted by Gasteiger charge is -2.26. The summed E-state index contributed by atoms with van der Waals surface area (Å²) < 4.78 is 16.9. The molecule has 7 heteroatoms. The second kappa shape index (κ2) is 7.90. The van der Waals surface area contributed by atoms with Crippen LogP contribution in [0, 0.1) is 0 Å². The monoisotopic (exact) mass is 382 g/mol. The number of fused-ring (bicyclic) bond motifs is 1. The topological polar surface area (TPSA) is 77.1 Å². The van der Waals surface area contributed by atoms with E-state index < -0.39 is 0 Å². The molecule has 7 nitrogen and oxygen atoms in total. The molecule has 1 atom stereocenters. The van der Waals surface area contributed by atoms with Gasteiger partial charge < -0.3 is 24.4 Å². The Morgan fingerprint density at radius 1 is 1.29 bits per heavy atom. The number of nitrogens with one attached hydrogen (secondary N) is 1. The lowest BCUT2D eigenvalue weighted by Crippen LogP contribution is -2.35. The number of amides is 2. The molecule has 2 amide bonds. The molecule has 2 aromatic rings. The first-order chi connectivity index (χ1) is 13.6. The van der Waals surface area contributed by atoms with Crippen molar-refractivity contribution in [3.8, 4) is 11.5 Å². The van der Waals surface area contributed by atoms with Gasteiger partial charge in [0.15, 0.2) is 6.61 Å². The fourth-order valence-corrected chi connectivity index (χ4v) is 3.26. The Balaban J connectivity index is 1.49. The van der Waals surface area contributed by atoms with E-state index in [1.54, 1.807) is 31.3 Å². The number of anilines is 2. The predicted molar refractivity (Wildman–Crippen MR) is 104 cm³/mol. The average Bonchev–Trinajstić information content (AvgIpc) is 3.23. The van der Waals surface area contributed by atoms with E-state index in [0.29, 0.717) is 35.0 Å². The van der Waals surface area contributed by atoms with E-state index in [1.165, 1.54) is 4.90 Å². The van der Waals surface area contributed by atoms with Gasteiger partial charge in [0.05, 0.1) is 17.5 Å². The molecule has 1 unspecified atom stereocenters. The molecule has 2 aliphatic rings. The van der Waals surface area contributed by atoms with Crippen LogP contribution in [-0.2, 0) is 9.53 Å². The summed E-state index contributed by atoms with van der Waals surface area (Å²) >= 11 is 0. The molecule has 0 spiro atoms. The van der Waals surface area contributed by atoms with Crippen LogP contribution in [0.1, 0.15) is 23.2 Å². The maximum atomic E-state index is 12.8. The van der Waals surface area contributed by atoms with Gasteiger partial charge in [0, 0.05) is 19.2 Å². The Hall–Kier alpha value is -3.06. The number of hydrogen-bond donors (Lipinski definition) is 1. The standard InChI is InChI=1S/C21H22N2O5/c1-23-17-11-14(8-9-19(17)28-13-20(23)24)21(25)22-16-6-2-3-7-18(16)27-12-15-5-4-10-26-15/h2-3,6-9,11,15H,4-5,10,12-13H2,1H3,(H,22,25). The molecule has 0 bridgehead atoms. The zero-order valence-corrected chi connectivity index (χ0v) is 15.6. The van der Waals surface area contributed by atoms with Crippen molar-refractivity contribution in [3.05, 3.63) is 48.0 Å². The highest BCUT2D eigenvalue weighted by Gasteiger charge is 2.24. The number of likely N-dealkylation sites (N-methyl/N-ethyl adjacent to an activating group) is 1. The molecule has 2 heterocycles. The minimum Gasteiger partial charge on any atom is -0.489 e. The van der Waals surface area contributed by atoms with E-state index in [1.807, 2.05) is 18.2 Å². The Morgan fingerprint density at radius 3 is 2.96 bits per heavy atom. The van der Waals surface area contributed by atoms with Gasteiger partial charge in [-0.2, -0.15) is 0 Å². The number of benzene rings is 2. The van der Waals surface area contributed by atoms with Gasteiger partial charge >= 0.3 is 0 Å².